The molecule has 0 atom stereocenters. The lowest BCUT2D eigenvalue weighted by atomic mass is 10.2. The van der Waals surface area contributed by atoms with Crippen LogP contribution in [-0.2, 0) is 4.79 Å². The lowest BCUT2D eigenvalue weighted by Gasteiger charge is -2.08. The van der Waals surface area contributed by atoms with Gasteiger partial charge in [-0.1, -0.05) is 39.7 Å². The highest BCUT2D eigenvalue weighted by atomic mass is 79.9. The van der Waals surface area contributed by atoms with Crippen LogP contribution in [0.15, 0.2) is 59.1 Å². The quantitative estimate of drug-likeness (QED) is 0.510. The highest BCUT2D eigenvalue weighted by Gasteiger charge is 2.12. The van der Waals surface area contributed by atoms with Crippen molar-refractivity contribution in [1.82, 2.24) is 0 Å². The van der Waals surface area contributed by atoms with Crippen LogP contribution in [0.3, 0.4) is 0 Å². The molecular weight excluding hydrogens is 436 g/mol. The number of rotatable bonds is 4. The molecule has 0 aliphatic carbocycles. The van der Waals surface area contributed by atoms with E-state index in [-0.39, 0.29) is 11.8 Å². The number of anilines is 2. The SMILES string of the molecule is CC(=O)Nc1ccc(NC(=O)c2ccc(-c3ccc(Br)cc3)s2)cc1Cl. The summed E-state index contributed by atoms with van der Waals surface area (Å²) in [6.07, 6.45) is 0. The summed E-state index contributed by atoms with van der Waals surface area (Å²) < 4.78 is 1.01. The fraction of sp³-hybridized carbons (Fsp3) is 0.0526. The maximum atomic E-state index is 12.5. The Bertz CT molecular complexity index is 970. The van der Waals surface area contributed by atoms with Crippen LogP contribution < -0.4 is 10.6 Å². The molecule has 7 heteroatoms. The molecule has 1 aromatic heterocycles. The minimum absolute atomic E-state index is 0.206. The van der Waals surface area contributed by atoms with Gasteiger partial charge in [0.2, 0.25) is 5.91 Å². The molecule has 0 aliphatic heterocycles. The van der Waals surface area contributed by atoms with Crippen LogP contribution in [0.5, 0.6) is 0 Å². The largest absolute Gasteiger partial charge is 0.325 e. The van der Waals surface area contributed by atoms with Gasteiger partial charge in [0, 0.05) is 22.0 Å². The maximum Gasteiger partial charge on any atom is 0.265 e. The van der Waals surface area contributed by atoms with Gasteiger partial charge in [-0.2, -0.15) is 0 Å². The average Bonchev–Trinajstić information content (AvgIpc) is 3.08. The zero-order valence-electron chi connectivity index (χ0n) is 13.7. The van der Waals surface area contributed by atoms with E-state index >= 15 is 0 Å². The van der Waals surface area contributed by atoms with Crippen LogP contribution in [0, 0.1) is 0 Å². The number of hydrogen-bond donors (Lipinski definition) is 2. The van der Waals surface area contributed by atoms with E-state index in [0.717, 1.165) is 14.9 Å². The molecule has 3 rings (SSSR count). The minimum atomic E-state index is -0.207. The Kier molecular flexibility index (Phi) is 5.76. The van der Waals surface area contributed by atoms with Crippen molar-refractivity contribution in [3.05, 3.63) is 69.0 Å². The van der Waals surface area contributed by atoms with Gasteiger partial charge in [0.15, 0.2) is 0 Å². The second kappa shape index (κ2) is 8.03. The summed E-state index contributed by atoms with van der Waals surface area (Å²) in [5.41, 5.74) is 2.12. The van der Waals surface area contributed by atoms with Crippen LogP contribution in [-0.4, -0.2) is 11.8 Å². The van der Waals surface area contributed by atoms with E-state index in [4.69, 9.17) is 11.6 Å². The normalized spacial score (nSPS) is 10.4. The second-order valence-corrected chi connectivity index (χ2v) is 7.91. The minimum Gasteiger partial charge on any atom is -0.325 e. The Morgan fingerprint density at radius 1 is 1.00 bits per heavy atom. The first-order valence-electron chi connectivity index (χ1n) is 7.66. The summed E-state index contributed by atoms with van der Waals surface area (Å²) in [7, 11) is 0. The van der Waals surface area contributed by atoms with Crippen LogP contribution in [0.25, 0.3) is 10.4 Å². The third kappa shape index (κ3) is 4.52. The van der Waals surface area contributed by atoms with Crippen molar-refractivity contribution in [2.45, 2.75) is 6.92 Å². The van der Waals surface area contributed by atoms with Gasteiger partial charge in [-0.25, -0.2) is 0 Å². The van der Waals surface area contributed by atoms with Crippen LogP contribution in [0.1, 0.15) is 16.6 Å². The maximum absolute atomic E-state index is 12.5. The molecule has 0 saturated carbocycles. The van der Waals surface area contributed by atoms with Gasteiger partial charge >= 0.3 is 0 Å². The summed E-state index contributed by atoms with van der Waals surface area (Å²) in [5.74, 6) is -0.413. The molecule has 0 bridgehead atoms. The predicted octanol–water partition coefficient (Wildman–Crippen LogP) is 6.04. The van der Waals surface area contributed by atoms with Gasteiger partial charge in [0.05, 0.1) is 15.6 Å². The number of amides is 2. The van der Waals surface area contributed by atoms with Gasteiger partial charge in [-0.05, 0) is 48.0 Å². The lowest BCUT2D eigenvalue weighted by Crippen LogP contribution is -2.11. The van der Waals surface area contributed by atoms with Crippen molar-refractivity contribution in [3.8, 4) is 10.4 Å². The molecule has 26 heavy (non-hydrogen) atoms. The Hall–Kier alpha value is -2.15. The second-order valence-electron chi connectivity index (χ2n) is 5.50. The summed E-state index contributed by atoms with van der Waals surface area (Å²) in [5, 5.41) is 5.81. The van der Waals surface area contributed by atoms with E-state index in [1.165, 1.54) is 18.3 Å². The molecule has 3 aromatic rings. The molecule has 0 spiro atoms. The number of hydrogen-bond acceptors (Lipinski definition) is 3. The Labute approximate surface area is 168 Å². The fourth-order valence-electron chi connectivity index (χ4n) is 2.31. The monoisotopic (exact) mass is 448 g/mol. The lowest BCUT2D eigenvalue weighted by molar-refractivity contribution is -0.114. The van der Waals surface area contributed by atoms with E-state index in [1.54, 1.807) is 24.3 Å². The summed E-state index contributed by atoms with van der Waals surface area (Å²) in [6.45, 7) is 1.41. The molecule has 2 amide bonds. The Balaban J connectivity index is 1.73. The van der Waals surface area contributed by atoms with Gasteiger partial charge < -0.3 is 10.6 Å². The molecule has 2 aromatic carbocycles. The zero-order valence-corrected chi connectivity index (χ0v) is 16.8. The molecule has 0 aliphatic rings. The molecule has 1 heterocycles. The summed E-state index contributed by atoms with van der Waals surface area (Å²) >= 11 is 11.0. The van der Waals surface area contributed by atoms with Crippen molar-refractivity contribution in [2.75, 3.05) is 10.6 Å². The van der Waals surface area contributed by atoms with Crippen molar-refractivity contribution >= 4 is 62.1 Å². The van der Waals surface area contributed by atoms with E-state index < -0.39 is 0 Å². The highest BCUT2D eigenvalue weighted by molar-refractivity contribution is 9.10. The smallest absolute Gasteiger partial charge is 0.265 e. The summed E-state index contributed by atoms with van der Waals surface area (Å²) in [4.78, 5) is 25.2. The third-order valence-electron chi connectivity index (χ3n) is 3.50. The predicted molar refractivity (Wildman–Crippen MR) is 111 cm³/mol. The molecule has 0 unspecified atom stereocenters. The third-order valence-corrected chi connectivity index (χ3v) is 5.47. The van der Waals surface area contributed by atoms with Gasteiger partial charge in [0.1, 0.15) is 0 Å². The Morgan fingerprint density at radius 2 is 1.73 bits per heavy atom. The number of benzene rings is 2. The molecule has 0 saturated heterocycles. The number of carbonyl (C=O) groups excluding carboxylic acids is 2. The van der Waals surface area contributed by atoms with Gasteiger partial charge in [0.25, 0.3) is 5.91 Å². The number of thiophene rings is 1. The summed E-state index contributed by atoms with van der Waals surface area (Å²) in [6, 6.07) is 16.6. The highest BCUT2D eigenvalue weighted by Crippen LogP contribution is 2.30. The standard InChI is InChI=1S/C19H14BrClN2O2S/c1-11(24)22-16-7-6-14(10-15(16)21)23-19(25)18-9-8-17(26-18)12-2-4-13(20)5-3-12/h2-10H,1H3,(H,22,24)(H,23,25). The first kappa shape index (κ1) is 18.6. The van der Waals surface area contributed by atoms with Crippen molar-refractivity contribution in [1.29, 1.82) is 0 Å². The number of nitrogens with one attached hydrogen (secondary N) is 2. The topological polar surface area (TPSA) is 58.2 Å². The van der Waals surface area contributed by atoms with Gasteiger partial charge in [-0.3, -0.25) is 9.59 Å². The van der Waals surface area contributed by atoms with E-state index in [1.807, 2.05) is 30.3 Å². The molecule has 2 N–H and O–H groups in total. The molecule has 0 radical (unpaired) electrons. The van der Waals surface area contributed by atoms with Crippen LogP contribution in [0.2, 0.25) is 5.02 Å². The van der Waals surface area contributed by atoms with Crippen molar-refractivity contribution in [3.63, 3.8) is 0 Å². The van der Waals surface area contributed by atoms with Crippen LogP contribution >= 0.6 is 38.9 Å². The fourth-order valence-corrected chi connectivity index (χ4v) is 3.70. The molecule has 4 nitrogen and oxygen atoms in total. The number of carbonyl (C=O) groups is 2. The van der Waals surface area contributed by atoms with E-state index in [0.29, 0.717) is 21.3 Å². The first-order chi connectivity index (χ1) is 12.4. The molecule has 132 valence electrons. The van der Waals surface area contributed by atoms with E-state index in [9.17, 15) is 9.59 Å². The van der Waals surface area contributed by atoms with Crippen LogP contribution in [0.4, 0.5) is 11.4 Å². The number of halogens is 2. The first-order valence-corrected chi connectivity index (χ1v) is 9.65. The van der Waals surface area contributed by atoms with Crippen molar-refractivity contribution < 1.29 is 9.59 Å². The molecule has 0 fully saturated rings. The average molecular weight is 450 g/mol. The Morgan fingerprint density at radius 3 is 2.38 bits per heavy atom. The van der Waals surface area contributed by atoms with E-state index in [2.05, 4.69) is 26.6 Å². The zero-order chi connectivity index (χ0) is 18.7. The van der Waals surface area contributed by atoms with Gasteiger partial charge in [-0.15, -0.1) is 11.3 Å². The molecular formula is C19H14BrClN2O2S. The van der Waals surface area contributed by atoms with Crippen molar-refractivity contribution in [2.24, 2.45) is 0 Å².